The third-order valence-electron chi connectivity index (χ3n) is 1.58. The van der Waals surface area contributed by atoms with Gasteiger partial charge in [0.25, 0.3) is 0 Å². The first-order valence-corrected chi connectivity index (χ1v) is 5.59. The Morgan fingerprint density at radius 2 is 1.91 bits per heavy atom. The quantitative estimate of drug-likeness (QED) is 0.567. The molecule has 1 aliphatic carbocycles. The Morgan fingerprint density at radius 1 is 1.27 bits per heavy atom. The monoisotopic (exact) mass is 190 g/mol. The topological polar surface area (TPSA) is 0 Å². The summed E-state index contributed by atoms with van der Waals surface area (Å²) in [6.07, 6.45) is 10.6. The van der Waals surface area contributed by atoms with Gasteiger partial charge in [-0.2, -0.15) is 0 Å². The van der Waals surface area contributed by atoms with E-state index in [2.05, 4.69) is 36.9 Å². The molecule has 0 aliphatic heterocycles. The van der Waals surface area contributed by atoms with Gasteiger partial charge in [0.1, 0.15) is 0 Å². The molecular formula is C9H15ClS. The van der Waals surface area contributed by atoms with Crippen molar-refractivity contribution >= 4 is 23.4 Å². The van der Waals surface area contributed by atoms with Gasteiger partial charge in [-0.15, -0.1) is 23.4 Å². The van der Waals surface area contributed by atoms with E-state index in [4.69, 9.17) is 0 Å². The van der Waals surface area contributed by atoms with E-state index in [1.165, 1.54) is 29.7 Å². The number of hydrogen-bond acceptors (Lipinski definition) is 1. The predicted octanol–water partition coefficient (Wildman–Crippen LogP) is 3.83. The highest BCUT2D eigenvalue weighted by Crippen LogP contribution is 2.24. The first kappa shape index (κ1) is 11.1. The van der Waals surface area contributed by atoms with Crippen LogP contribution in [0, 0.1) is 0 Å². The van der Waals surface area contributed by atoms with Crippen molar-refractivity contribution in [1.82, 2.24) is 0 Å². The fourth-order valence-corrected chi connectivity index (χ4v) is 1.40. The second kappa shape index (κ2) is 6.81. The molecule has 2 heteroatoms. The lowest BCUT2D eigenvalue weighted by Gasteiger charge is -2.08. The van der Waals surface area contributed by atoms with Crippen molar-refractivity contribution in [3.8, 4) is 0 Å². The van der Waals surface area contributed by atoms with E-state index in [9.17, 15) is 0 Å². The summed E-state index contributed by atoms with van der Waals surface area (Å²) >= 11 is 6.50. The average molecular weight is 191 g/mol. The molecule has 0 unspecified atom stereocenters. The van der Waals surface area contributed by atoms with Crippen LogP contribution in [0.4, 0.5) is 0 Å². The number of allylic oxidation sites excluding steroid dienone is 4. The molecule has 0 radical (unpaired) electrons. The Hall–Kier alpha value is 0.120. The lowest BCUT2D eigenvalue weighted by molar-refractivity contribution is 0.950. The van der Waals surface area contributed by atoms with E-state index >= 15 is 0 Å². The zero-order chi connectivity index (χ0) is 8.69. The molecule has 0 aromatic rings. The van der Waals surface area contributed by atoms with E-state index in [0.717, 1.165) is 0 Å². The average Bonchev–Trinajstić information content (AvgIpc) is 2.10. The molecule has 0 bridgehead atoms. The van der Waals surface area contributed by atoms with Gasteiger partial charge in [-0.3, -0.25) is 0 Å². The number of rotatable bonds is 1. The molecule has 0 saturated carbocycles. The van der Waals surface area contributed by atoms with Crippen molar-refractivity contribution < 1.29 is 0 Å². The minimum atomic E-state index is 1.25. The van der Waals surface area contributed by atoms with Gasteiger partial charge in [0, 0.05) is 6.38 Å². The molecule has 1 aliphatic rings. The van der Waals surface area contributed by atoms with Gasteiger partial charge < -0.3 is 0 Å². The van der Waals surface area contributed by atoms with Gasteiger partial charge in [0.05, 0.1) is 0 Å². The van der Waals surface area contributed by atoms with Crippen LogP contribution in [0.3, 0.4) is 0 Å². The summed E-state index contributed by atoms with van der Waals surface area (Å²) in [4.78, 5) is 1.51. The Morgan fingerprint density at radius 3 is 2.27 bits per heavy atom. The molecular weight excluding hydrogens is 176 g/mol. The van der Waals surface area contributed by atoms with Crippen LogP contribution >= 0.6 is 23.4 Å². The molecule has 11 heavy (non-hydrogen) atoms. The van der Waals surface area contributed by atoms with E-state index in [0.29, 0.717) is 0 Å². The Balaban J connectivity index is 0.000000461. The zero-order valence-electron chi connectivity index (χ0n) is 7.36. The molecule has 0 fully saturated rings. The maximum Gasteiger partial charge on any atom is 0.0108 e. The molecule has 0 nitrogen and oxygen atoms in total. The second-order valence-electron chi connectivity index (χ2n) is 2.35. The van der Waals surface area contributed by atoms with Crippen LogP contribution in [0.25, 0.3) is 0 Å². The fraction of sp³-hybridized carbons (Fsp3) is 0.556. The van der Waals surface area contributed by atoms with Crippen molar-refractivity contribution in [2.75, 3.05) is 12.6 Å². The third kappa shape index (κ3) is 4.54. The summed E-state index contributed by atoms with van der Waals surface area (Å²) in [5.41, 5.74) is 1.51. The van der Waals surface area contributed by atoms with Crippen molar-refractivity contribution in [3.05, 3.63) is 22.6 Å². The van der Waals surface area contributed by atoms with Gasteiger partial charge in [-0.05, 0) is 30.9 Å². The highest BCUT2D eigenvalue weighted by atomic mass is 35.5. The smallest absolute Gasteiger partial charge is 0.0108 e. The van der Waals surface area contributed by atoms with Crippen molar-refractivity contribution in [2.24, 2.45) is 0 Å². The van der Waals surface area contributed by atoms with Crippen LogP contribution < -0.4 is 0 Å². The molecule has 0 amide bonds. The maximum absolute atomic E-state index is 4.64. The molecule has 0 saturated heterocycles. The molecule has 0 spiro atoms. The highest BCUT2D eigenvalue weighted by Gasteiger charge is 1.99. The van der Waals surface area contributed by atoms with Crippen LogP contribution in [0.15, 0.2) is 22.6 Å². The predicted molar refractivity (Wildman–Crippen MR) is 56.4 cm³/mol. The van der Waals surface area contributed by atoms with Gasteiger partial charge in [0.2, 0.25) is 0 Å². The van der Waals surface area contributed by atoms with Gasteiger partial charge >= 0.3 is 0 Å². The maximum atomic E-state index is 4.64. The number of thioether (sulfide) groups is 1. The van der Waals surface area contributed by atoms with Crippen LogP contribution in [0.5, 0.6) is 0 Å². The van der Waals surface area contributed by atoms with Crippen molar-refractivity contribution in [3.63, 3.8) is 0 Å². The second-order valence-corrected chi connectivity index (χ2v) is 3.28. The van der Waals surface area contributed by atoms with Crippen LogP contribution in [0.2, 0.25) is 0 Å². The standard InChI is InChI=1S/C8H12S.CH3Cl/c1-7-3-5-8(9-2)6-4-7;1-2/h3,5H,4,6H2,1-2H3;1H3. The molecule has 64 valence electrons. The van der Waals surface area contributed by atoms with Crippen LogP contribution in [-0.2, 0) is 0 Å². The molecule has 1 rings (SSSR count). The largest absolute Gasteiger partial charge is 0.134 e. The number of halogens is 1. The van der Waals surface area contributed by atoms with Gasteiger partial charge in [0.15, 0.2) is 0 Å². The number of alkyl halides is 1. The summed E-state index contributed by atoms with van der Waals surface area (Å²) in [5.74, 6) is 0. The Bertz CT molecular complexity index is 159. The summed E-state index contributed by atoms with van der Waals surface area (Å²) in [6, 6.07) is 0. The van der Waals surface area contributed by atoms with Crippen molar-refractivity contribution in [1.29, 1.82) is 0 Å². The lowest BCUT2D eigenvalue weighted by Crippen LogP contribution is -1.85. The molecule has 0 aromatic heterocycles. The molecule has 0 heterocycles. The van der Waals surface area contributed by atoms with E-state index < -0.39 is 0 Å². The van der Waals surface area contributed by atoms with Gasteiger partial charge in [-0.25, -0.2) is 0 Å². The van der Waals surface area contributed by atoms with Gasteiger partial charge in [-0.1, -0.05) is 17.7 Å². The first-order valence-electron chi connectivity index (χ1n) is 3.61. The summed E-state index contributed by atoms with van der Waals surface area (Å²) in [5, 5.41) is 0. The lowest BCUT2D eigenvalue weighted by atomic mass is 10.1. The summed E-state index contributed by atoms with van der Waals surface area (Å²) in [7, 11) is 0. The zero-order valence-corrected chi connectivity index (χ0v) is 8.93. The Labute approximate surface area is 78.7 Å². The third-order valence-corrected chi connectivity index (χ3v) is 2.45. The molecule has 0 N–H and O–H groups in total. The van der Waals surface area contributed by atoms with Crippen LogP contribution in [0.1, 0.15) is 19.8 Å². The first-order chi connectivity index (χ1) is 5.33. The molecule has 0 atom stereocenters. The fourth-order valence-electron chi connectivity index (χ4n) is 0.892. The van der Waals surface area contributed by atoms with E-state index in [-0.39, 0.29) is 0 Å². The minimum Gasteiger partial charge on any atom is -0.134 e. The summed E-state index contributed by atoms with van der Waals surface area (Å²) in [6.45, 7) is 2.19. The van der Waals surface area contributed by atoms with E-state index in [1.807, 2.05) is 11.8 Å². The van der Waals surface area contributed by atoms with Crippen molar-refractivity contribution in [2.45, 2.75) is 19.8 Å². The summed E-state index contributed by atoms with van der Waals surface area (Å²) < 4.78 is 0. The van der Waals surface area contributed by atoms with E-state index in [1.54, 1.807) is 0 Å². The number of hydrogen-bond donors (Lipinski definition) is 0. The SMILES string of the molecule is CCl.CSC1=CC=C(C)CC1. The minimum absolute atomic E-state index is 1.25. The Kier molecular flexibility index (Phi) is 6.88. The normalized spacial score (nSPS) is 16.0. The van der Waals surface area contributed by atoms with Crippen LogP contribution in [-0.4, -0.2) is 12.6 Å². The highest BCUT2D eigenvalue weighted by molar-refractivity contribution is 8.02. The molecule has 0 aromatic carbocycles.